The minimum absolute atomic E-state index is 0.00905. The second-order valence-electron chi connectivity index (χ2n) is 7.77. The van der Waals surface area contributed by atoms with Gasteiger partial charge in [0.15, 0.2) is 11.5 Å². The maximum absolute atomic E-state index is 13.9. The molecule has 0 bridgehead atoms. The molecule has 1 aliphatic heterocycles. The number of para-hydroxylation sites is 1. The van der Waals surface area contributed by atoms with Gasteiger partial charge in [0.2, 0.25) is 12.5 Å². The molecule has 3 aromatic carbocycles. The van der Waals surface area contributed by atoms with E-state index in [0.29, 0.717) is 34.1 Å². The molecule has 10 heteroatoms. The highest BCUT2D eigenvalue weighted by Crippen LogP contribution is 2.44. The van der Waals surface area contributed by atoms with Crippen molar-refractivity contribution in [2.24, 2.45) is 0 Å². The second-order valence-corrected chi connectivity index (χ2v) is 9.60. The molecule has 1 aliphatic rings. The third kappa shape index (κ3) is 4.62. The van der Waals surface area contributed by atoms with Crippen LogP contribution in [0.2, 0.25) is 0 Å². The first-order chi connectivity index (χ1) is 16.8. The summed E-state index contributed by atoms with van der Waals surface area (Å²) >= 11 is 0. The third-order valence-electron chi connectivity index (χ3n) is 5.66. The van der Waals surface area contributed by atoms with Crippen LogP contribution in [0.3, 0.4) is 0 Å². The van der Waals surface area contributed by atoms with E-state index in [4.69, 9.17) is 18.9 Å². The van der Waals surface area contributed by atoms with Crippen molar-refractivity contribution in [3.8, 4) is 17.2 Å². The van der Waals surface area contributed by atoms with E-state index in [1.54, 1.807) is 55.5 Å². The number of fused-ring (bicyclic) bond motifs is 1. The van der Waals surface area contributed by atoms with Gasteiger partial charge in [-0.05, 0) is 42.3 Å². The first-order valence-corrected chi connectivity index (χ1v) is 12.1. The third-order valence-corrected chi connectivity index (χ3v) is 7.50. The van der Waals surface area contributed by atoms with Crippen LogP contribution in [0, 0.1) is 6.92 Å². The molecule has 1 heterocycles. The number of aliphatic hydroxyl groups excluding tert-OH is 1. The van der Waals surface area contributed by atoms with Crippen LogP contribution in [-0.2, 0) is 19.6 Å². The highest BCUT2D eigenvalue weighted by molar-refractivity contribution is 7.93. The number of sulfonamides is 1. The van der Waals surface area contributed by atoms with Gasteiger partial charge in [-0.2, -0.15) is 0 Å². The summed E-state index contributed by atoms with van der Waals surface area (Å²) in [6.45, 7) is 1.22. The Hall–Kier alpha value is -3.76. The van der Waals surface area contributed by atoms with Gasteiger partial charge in [0.1, 0.15) is 12.6 Å². The van der Waals surface area contributed by atoms with Gasteiger partial charge in [-0.1, -0.05) is 36.4 Å². The van der Waals surface area contributed by atoms with Crippen molar-refractivity contribution in [2.75, 3.05) is 31.9 Å². The molecule has 0 spiro atoms. The molecule has 0 fully saturated rings. The van der Waals surface area contributed by atoms with Gasteiger partial charge in [-0.25, -0.2) is 8.42 Å². The Balaban J connectivity index is 1.82. The number of esters is 1. The van der Waals surface area contributed by atoms with E-state index in [9.17, 15) is 18.3 Å². The van der Waals surface area contributed by atoms with E-state index in [1.807, 2.05) is 0 Å². The largest absolute Gasteiger partial charge is 0.493 e. The summed E-state index contributed by atoms with van der Waals surface area (Å²) < 4.78 is 49.8. The Morgan fingerprint density at radius 1 is 1.09 bits per heavy atom. The van der Waals surface area contributed by atoms with Crippen molar-refractivity contribution < 1.29 is 37.3 Å². The first kappa shape index (κ1) is 24.4. The molecule has 1 N–H and O–H groups in total. The average molecular weight is 500 g/mol. The Morgan fingerprint density at radius 3 is 2.51 bits per heavy atom. The number of carbonyl (C=O) groups excluding carboxylic acids is 1. The van der Waals surface area contributed by atoms with Crippen molar-refractivity contribution in [3.05, 3.63) is 77.4 Å². The maximum Gasteiger partial charge on any atom is 0.326 e. The fraction of sp³-hybridized carbons (Fsp3) is 0.240. The molecule has 4 rings (SSSR count). The van der Waals surface area contributed by atoms with Gasteiger partial charge in [-0.3, -0.25) is 9.10 Å². The maximum atomic E-state index is 13.9. The molecule has 9 nitrogen and oxygen atoms in total. The predicted molar refractivity (Wildman–Crippen MR) is 127 cm³/mol. The minimum atomic E-state index is -4.31. The number of methoxy groups -OCH3 is 2. The Morgan fingerprint density at radius 2 is 1.80 bits per heavy atom. The van der Waals surface area contributed by atoms with Crippen molar-refractivity contribution >= 4 is 21.7 Å². The van der Waals surface area contributed by atoms with Crippen molar-refractivity contribution in [1.29, 1.82) is 0 Å². The van der Waals surface area contributed by atoms with Gasteiger partial charge < -0.3 is 24.1 Å². The van der Waals surface area contributed by atoms with Crippen molar-refractivity contribution in [3.63, 3.8) is 0 Å². The SMILES string of the molecule is COC(=O)CN(c1ccccc1C)S(=O)(=O)c1ccccc1C(O)c1cc(OC)c2c(c1)OCO2. The first-order valence-electron chi connectivity index (χ1n) is 10.7. The molecule has 3 aromatic rings. The number of ether oxygens (including phenoxy) is 4. The molecule has 0 amide bonds. The number of hydrogen-bond acceptors (Lipinski definition) is 8. The Bertz CT molecular complexity index is 1360. The molecule has 35 heavy (non-hydrogen) atoms. The number of rotatable bonds is 8. The van der Waals surface area contributed by atoms with Crippen LogP contribution in [-0.4, -0.2) is 47.1 Å². The summed E-state index contributed by atoms with van der Waals surface area (Å²) in [5, 5.41) is 11.3. The van der Waals surface area contributed by atoms with E-state index < -0.39 is 28.6 Å². The lowest BCUT2D eigenvalue weighted by Gasteiger charge is -2.27. The highest BCUT2D eigenvalue weighted by atomic mass is 32.2. The van der Waals surface area contributed by atoms with Crippen LogP contribution in [0.25, 0.3) is 0 Å². The number of nitrogens with zero attached hydrogens (tertiary/aromatic N) is 1. The van der Waals surface area contributed by atoms with Crippen LogP contribution < -0.4 is 18.5 Å². The fourth-order valence-corrected chi connectivity index (χ4v) is 5.58. The lowest BCUT2D eigenvalue weighted by molar-refractivity contribution is -0.138. The molecule has 0 aromatic heterocycles. The number of aliphatic hydroxyl groups is 1. The molecular weight excluding hydrogens is 474 g/mol. The molecule has 0 saturated heterocycles. The van der Waals surface area contributed by atoms with E-state index in [1.165, 1.54) is 26.4 Å². The quantitative estimate of drug-likeness (QED) is 0.471. The fourth-order valence-electron chi connectivity index (χ4n) is 3.87. The summed E-state index contributed by atoms with van der Waals surface area (Å²) in [6, 6.07) is 16.0. The smallest absolute Gasteiger partial charge is 0.326 e. The molecule has 1 atom stereocenters. The summed E-state index contributed by atoms with van der Waals surface area (Å²) in [5.41, 5.74) is 1.45. The van der Waals surface area contributed by atoms with Crippen LogP contribution in [0.5, 0.6) is 17.2 Å². The molecular formula is C25H25NO8S. The van der Waals surface area contributed by atoms with Gasteiger partial charge in [0, 0.05) is 5.56 Å². The van der Waals surface area contributed by atoms with E-state index in [2.05, 4.69) is 0 Å². The summed E-state index contributed by atoms with van der Waals surface area (Å²) in [4.78, 5) is 12.0. The number of hydrogen-bond donors (Lipinski definition) is 1. The van der Waals surface area contributed by atoms with Gasteiger partial charge >= 0.3 is 5.97 Å². The predicted octanol–water partition coefficient (Wildman–Crippen LogP) is 3.18. The highest BCUT2D eigenvalue weighted by Gasteiger charge is 2.33. The molecule has 0 aliphatic carbocycles. The molecule has 0 radical (unpaired) electrons. The van der Waals surface area contributed by atoms with E-state index in [-0.39, 0.29) is 17.3 Å². The average Bonchev–Trinajstić information content (AvgIpc) is 3.35. The summed E-state index contributed by atoms with van der Waals surface area (Å²) in [5.74, 6) is 0.413. The second kappa shape index (κ2) is 9.85. The number of aryl methyl sites for hydroxylation is 1. The number of carbonyl (C=O) groups is 1. The lowest BCUT2D eigenvalue weighted by atomic mass is 10.0. The summed E-state index contributed by atoms with van der Waals surface area (Å²) in [6.07, 6.45) is -1.35. The van der Waals surface area contributed by atoms with E-state index in [0.717, 1.165) is 4.31 Å². The molecule has 1 unspecified atom stereocenters. The van der Waals surface area contributed by atoms with Crippen molar-refractivity contribution in [2.45, 2.75) is 17.9 Å². The summed E-state index contributed by atoms with van der Waals surface area (Å²) in [7, 11) is -1.66. The zero-order valence-corrected chi connectivity index (χ0v) is 20.2. The Labute approximate surface area is 203 Å². The number of benzene rings is 3. The topological polar surface area (TPSA) is 112 Å². The molecule has 184 valence electrons. The van der Waals surface area contributed by atoms with Gasteiger partial charge in [0.05, 0.1) is 24.8 Å². The Kier molecular flexibility index (Phi) is 6.86. The molecule has 0 saturated carbocycles. The van der Waals surface area contributed by atoms with Crippen LogP contribution in [0.4, 0.5) is 5.69 Å². The zero-order chi connectivity index (χ0) is 25.2. The van der Waals surface area contributed by atoms with Crippen LogP contribution in [0.1, 0.15) is 22.8 Å². The van der Waals surface area contributed by atoms with Crippen LogP contribution >= 0.6 is 0 Å². The van der Waals surface area contributed by atoms with Crippen molar-refractivity contribution in [1.82, 2.24) is 0 Å². The minimum Gasteiger partial charge on any atom is -0.493 e. The van der Waals surface area contributed by atoms with E-state index >= 15 is 0 Å². The lowest BCUT2D eigenvalue weighted by Crippen LogP contribution is -2.37. The zero-order valence-electron chi connectivity index (χ0n) is 19.4. The monoisotopic (exact) mass is 499 g/mol. The van der Waals surface area contributed by atoms with Gasteiger partial charge in [0.25, 0.3) is 10.0 Å². The number of anilines is 1. The normalized spacial score (nSPS) is 13.3. The van der Waals surface area contributed by atoms with Gasteiger partial charge in [-0.15, -0.1) is 0 Å². The standard InChI is InChI=1S/C25H25NO8S/c1-16-8-4-6-10-19(16)26(14-23(27)32-3)35(29,30)22-11-7-5-9-18(22)24(28)17-12-20(31-2)25-21(13-17)33-15-34-25/h4-13,24,28H,14-15H2,1-3H3. The van der Waals surface area contributed by atoms with Crippen LogP contribution in [0.15, 0.2) is 65.6 Å².